The molecule has 1 aromatic rings. The fourth-order valence-electron chi connectivity index (χ4n) is 3.92. The van der Waals surface area contributed by atoms with Gasteiger partial charge in [-0.25, -0.2) is 0 Å². The smallest absolute Gasteiger partial charge is 0.0449 e. The van der Waals surface area contributed by atoms with Gasteiger partial charge in [0.15, 0.2) is 0 Å². The second-order valence-electron chi connectivity index (χ2n) is 6.81. The van der Waals surface area contributed by atoms with Crippen molar-refractivity contribution in [3.63, 3.8) is 0 Å². The Morgan fingerprint density at radius 2 is 2.05 bits per heavy atom. The van der Waals surface area contributed by atoms with Gasteiger partial charge in [-0.15, -0.1) is 0 Å². The highest BCUT2D eigenvalue weighted by molar-refractivity contribution is 5.19. The molecule has 2 nitrogen and oxygen atoms in total. The van der Waals surface area contributed by atoms with E-state index in [0.717, 1.165) is 18.4 Å². The van der Waals surface area contributed by atoms with Gasteiger partial charge in [-0.2, -0.15) is 0 Å². The van der Waals surface area contributed by atoms with E-state index in [2.05, 4.69) is 47.5 Å². The van der Waals surface area contributed by atoms with E-state index >= 15 is 0 Å². The van der Waals surface area contributed by atoms with E-state index in [1.807, 2.05) is 0 Å². The maximum Gasteiger partial charge on any atom is 0.0449 e. The van der Waals surface area contributed by atoms with Crippen LogP contribution < -0.4 is 5.32 Å². The molecule has 2 heteroatoms. The third kappa shape index (κ3) is 3.62. The molecule has 3 atom stereocenters. The van der Waals surface area contributed by atoms with Crippen LogP contribution in [0.25, 0.3) is 0 Å². The molecule has 0 aromatic heterocycles. The van der Waals surface area contributed by atoms with Gasteiger partial charge >= 0.3 is 0 Å². The maximum absolute atomic E-state index is 3.72. The van der Waals surface area contributed by atoms with E-state index in [1.54, 1.807) is 0 Å². The van der Waals surface area contributed by atoms with E-state index in [0.29, 0.717) is 6.04 Å². The zero-order valence-corrected chi connectivity index (χ0v) is 12.7. The lowest BCUT2D eigenvalue weighted by atomic mass is 10.0. The summed E-state index contributed by atoms with van der Waals surface area (Å²) in [6.45, 7) is 7.32. The van der Waals surface area contributed by atoms with Gasteiger partial charge in [0.2, 0.25) is 0 Å². The first-order valence-electron chi connectivity index (χ1n) is 8.32. The van der Waals surface area contributed by atoms with Crippen LogP contribution in [0, 0.1) is 11.8 Å². The summed E-state index contributed by atoms with van der Waals surface area (Å²) < 4.78 is 0. The molecule has 2 aliphatic rings. The van der Waals surface area contributed by atoms with Gasteiger partial charge in [-0.05, 0) is 49.8 Å². The predicted octanol–water partition coefficient (Wildman–Crippen LogP) is 3.46. The van der Waals surface area contributed by atoms with Crippen molar-refractivity contribution in [1.29, 1.82) is 0 Å². The first-order valence-corrected chi connectivity index (χ1v) is 8.32. The van der Waals surface area contributed by atoms with Crippen LogP contribution in [0.4, 0.5) is 0 Å². The molecule has 20 heavy (non-hydrogen) atoms. The van der Waals surface area contributed by atoms with Gasteiger partial charge in [0.1, 0.15) is 0 Å². The van der Waals surface area contributed by atoms with E-state index in [-0.39, 0.29) is 0 Å². The topological polar surface area (TPSA) is 15.3 Å². The molecule has 1 N–H and O–H groups in total. The molecule has 2 fully saturated rings. The Hall–Kier alpha value is -0.860. The zero-order chi connectivity index (χ0) is 13.8. The molecule has 0 radical (unpaired) electrons. The largest absolute Gasteiger partial charge is 0.309 e. The fourth-order valence-corrected chi connectivity index (χ4v) is 3.92. The van der Waals surface area contributed by atoms with E-state index in [1.165, 1.54) is 50.9 Å². The van der Waals surface area contributed by atoms with Gasteiger partial charge < -0.3 is 10.2 Å². The third-order valence-electron chi connectivity index (χ3n) is 5.00. The molecule has 1 heterocycles. The van der Waals surface area contributed by atoms with Crippen molar-refractivity contribution in [3.8, 4) is 0 Å². The summed E-state index contributed by atoms with van der Waals surface area (Å²) in [4.78, 5) is 2.71. The summed E-state index contributed by atoms with van der Waals surface area (Å²) >= 11 is 0. The molecule has 0 spiro atoms. The van der Waals surface area contributed by atoms with Crippen LogP contribution >= 0.6 is 0 Å². The van der Waals surface area contributed by atoms with Crippen molar-refractivity contribution in [1.82, 2.24) is 10.2 Å². The van der Waals surface area contributed by atoms with Gasteiger partial charge in [0.25, 0.3) is 0 Å². The lowest BCUT2D eigenvalue weighted by Gasteiger charge is -2.27. The summed E-state index contributed by atoms with van der Waals surface area (Å²) in [6.07, 6.45) is 5.62. The van der Waals surface area contributed by atoms with E-state index in [9.17, 15) is 0 Å². The Bertz CT molecular complexity index is 403. The summed E-state index contributed by atoms with van der Waals surface area (Å²) in [5, 5.41) is 3.72. The molecule has 1 aliphatic heterocycles. The van der Waals surface area contributed by atoms with Crippen molar-refractivity contribution in [2.24, 2.45) is 11.8 Å². The van der Waals surface area contributed by atoms with Crippen molar-refractivity contribution in [2.45, 2.75) is 38.6 Å². The van der Waals surface area contributed by atoms with Crippen LogP contribution in [0.1, 0.15) is 44.2 Å². The number of nitrogens with zero attached hydrogens (tertiary/aromatic N) is 1. The minimum Gasteiger partial charge on any atom is -0.309 e. The normalized spacial score (nSPS) is 32.1. The van der Waals surface area contributed by atoms with Crippen molar-refractivity contribution in [2.75, 3.05) is 26.2 Å². The minimum atomic E-state index is 0.512. The molecule has 3 unspecified atom stereocenters. The third-order valence-corrected chi connectivity index (χ3v) is 5.00. The summed E-state index contributed by atoms with van der Waals surface area (Å²) in [7, 11) is 0. The van der Waals surface area contributed by atoms with Crippen LogP contribution in [0.3, 0.4) is 0 Å². The highest BCUT2D eigenvalue weighted by atomic mass is 15.2. The van der Waals surface area contributed by atoms with Crippen LogP contribution in [0.15, 0.2) is 30.3 Å². The SMILES string of the molecule is CC1CCC(CN2CCCNC(c3ccccc3)C2)C1. The second kappa shape index (κ2) is 6.73. The number of benzene rings is 1. The highest BCUT2D eigenvalue weighted by Gasteiger charge is 2.25. The van der Waals surface area contributed by atoms with E-state index in [4.69, 9.17) is 0 Å². The average molecular weight is 272 g/mol. The lowest BCUT2D eigenvalue weighted by Crippen LogP contribution is -2.34. The number of rotatable bonds is 3. The van der Waals surface area contributed by atoms with Crippen molar-refractivity contribution >= 4 is 0 Å². The van der Waals surface area contributed by atoms with Crippen molar-refractivity contribution < 1.29 is 0 Å². The minimum absolute atomic E-state index is 0.512. The predicted molar refractivity (Wildman–Crippen MR) is 84.7 cm³/mol. The fraction of sp³-hybridized carbons (Fsp3) is 0.667. The summed E-state index contributed by atoms with van der Waals surface area (Å²) in [6, 6.07) is 11.5. The molecular formula is C18H28N2. The van der Waals surface area contributed by atoms with Gasteiger partial charge in [0, 0.05) is 19.1 Å². The molecule has 1 saturated carbocycles. The number of hydrogen-bond acceptors (Lipinski definition) is 2. The standard InChI is InChI=1S/C18H28N2/c1-15-8-9-16(12-15)13-20-11-5-10-19-18(14-20)17-6-3-2-4-7-17/h2-4,6-7,15-16,18-19H,5,8-14H2,1H3. The van der Waals surface area contributed by atoms with Gasteiger partial charge in [-0.1, -0.05) is 43.7 Å². The summed E-state index contributed by atoms with van der Waals surface area (Å²) in [5.74, 6) is 1.90. The Morgan fingerprint density at radius 1 is 1.20 bits per heavy atom. The molecule has 0 amide bonds. The molecule has 1 aliphatic carbocycles. The Morgan fingerprint density at radius 3 is 2.80 bits per heavy atom. The highest BCUT2D eigenvalue weighted by Crippen LogP contribution is 2.31. The Labute approximate surface area is 123 Å². The van der Waals surface area contributed by atoms with E-state index < -0.39 is 0 Å². The van der Waals surface area contributed by atoms with Crippen molar-refractivity contribution in [3.05, 3.63) is 35.9 Å². The molecule has 0 bridgehead atoms. The lowest BCUT2D eigenvalue weighted by molar-refractivity contribution is 0.226. The van der Waals surface area contributed by atoms with Crippen LogP contribution in [0.5, 0.6) is 0 Å². The van der Waals surface area contributed by atoms with Crippen LogP contribution in [0.2, 0.25) is 0 Å². The Balaban J connectivity index is 1.60. The number of nitrogens with one attached hydrogen (secondary N) is 1. The van der Waals surface area contributed by atoms with Gasteiger partial charge in [-0.3, -0.25) is 0 Å². The molecular weight excluding hydrogens is 244 g/mol. The van der Waals surface area contributed by atoms with Crippen LogP contribution in [-0.4, -0.2) is 31.1 Å². The molecule has 110 valence electrons. The van der Waals surface area contributed by atoms with Gasteiger partial charge in [0.05, 0.1) is 0 Å². The first-order chi connectivity index (χ1) is 9.81. The molecule has 3 rings (SSSR count). The Kier molecular flexibility index (Phi) is 4.74. The quantitative estimate of drug-likeness (QED) is 0.906. The van der Waals surface area contributed by atoms with Crippen LogP contribution in [-0.2, 0) is 0 Å². The second-order valence-corrected chi connectivity index (χ2v) is 6.81. The monoisotopic (exact) mass is 272 g/mol. The number of hydrogen-bond donors (Lipinski definition) is 1. The maximum atomic E-state index is 3.72. The molecule has 1 aromatic carbocycles. The first kappa shape index (κ1) is 14.1. The summed E-state index contributed by atoms with van der Waals surface area (Å²) in [5.41, 5.74) is 1.44. The average Bonchev–Trinajstić information content (AvgIpc) is 2.74. The zero-order valence-electron chi connectivity index (χ0n) is 12.7. The molecule has 1 saturated heterocycles.